The zero-order chi connectivity index (χ0) is 10.8. The summed E-state index contributed by atoms with van der Waals surface area (Å²) in [5, 5.41) is -0.138. The lowest BCUT2D eigenvalue weighted by Crippen LogP contribution is -2.13. The molecule has 0 unspecified atom stereocenters. The molecular weight excluding hydrogens is 245 g/mol. The van der Waals surface area contributed by atoms with Crippen molar-refractivity contribution in [1.29, 1.82) is 0 Å². The van der Waals surface area contributed by atoms with E-state index in [1.807, 2.05) is 6.92 Å². The summed E-state index contributed by atoms with van der Waals surface area (Å²) in [4.78, 5) is 0. The number of nitrogens with one attached hydrogen (secondary N) is 1. The molecular formula is C8H9Cl2NO2S. The monoisotopic (exact) mass is 253 g/mol. The van der Waals surface area contributed by atoms with Crippen molar-refractivity contribution in [1.82, 2.24) is 0 Å². The van der Waals surface area contributed by atoms with Crippen LogP contribution in [0.1, 0.15) is 5.56 Å². The molecule has 3 nitrogen and oxygen atoms in total. The molecule has 1 rings (SSSR count). The lowest BCUT2D eigenvalue weighted by atomic mass is 10.2. The molecule has 1 aromatic rings. The first-order chi connectivity index (χ1) is 6.44. The lowest BCUT2D eigenvalue weighted by Gasteiger charge is -2.07. The van der Waals surface area contributed by atoms with E-state index in [0.29, 0.717) is 10.7 Å². The number of halogens is 2. The molecule has 0 bridgehead atoms. The second-order valence-electron chi connectivity index (χ2n) is 2.81. The van der Waals surface area contributed by atoms with Gasteiger partial charge in [0.05, 0.1) is 10.7 Å². The molecule has 0 saturated heterocycles. The molecule has 1 N–H and O–H groups in total. The van der Waals surface area contributed by atoms with Gasteiger partial charge in [-0.1, -0.05) is 17.7 Å². The van der Waals surface area contributed by atoms with E-state index < -0.39 is 15.2 Å². The first-order valence-electron chi connectivity index (χ1n) is 3.77. The van der Waals surface area contributed by atoms with Gasteiger partial charge in [0.15, 0.2) is 0 Å². The summed E-state index contributed by atoms with van der Waals surface area (Å²) in [6, 6.07) is 5.07. The highest BCUT2D eigenvalue weighted by Gasteiger charge is 2.10. The van der Waals surface area contributed by atoms with Crippen LogP contribution < -0.4 is 4.72 Å². The van der Waals surface area contributed by atoms with E-state index in [9.17, 15) is 8.42 Å². The van der Waals surface area contributed by atoms with Gasteiger partial charge in [-0.05, 0) is 24.6 Å². The molecule has 1 aromatic carbocycles. The van der Waals surface area contributed by atoms with Crippen molar-refractivity contribution >= 4 is 38.9 Å². The van der Waals surface area contributed by atoms with Crippen LogP contribution in [-0.4, -0.2) is 13.6 Å². The highest BCUT2D eigenvalue weighted by atomic mass is 35.5. The Hall–Kier alpha value is -0.450. The zero-order valence-corrected chi connectivity index (χ0v) is 9.75. The molecule has 6 heteroatoms. The third-order valence-corrected chi connectivity index (χ3v) is 3.54. The lowest BCUT2D eigenvalue weighted by molar-refractivity contribution is 0.605. The Morgan fingerprint density at radius 3 is 2.64 bits per heavy atom. The van der Waals surface area contributed by atoms with E-state index in [0.717, 1.165) is 5.56 Å². The summed E-state index contributed by atoms with van der Waals surface area (Å²) < 4.78 is 24.5. The summed E-state index contributed by atoms with van der Waals surface area (Å²) in [5.41, 5.74) is 1.27. The smallest absolute Gasteiger partial charge is 0.246 e. The molecule has 0 radical (unpaired) electrons. The maximum absolute atomic E-state index is 11.1. The second kappa shape index (κ2) is 4.38. The third kappa shape index (κ3) is 3.04. The first-order valence-corrected chi connectivity index (χ1v) is 6.34. The number of hydrogen-bond donors (Lipinski definition) is 1. The largest absolute Gasteiger partial charge is 0.281 e. The maximum atomic E-state index is 11.1. The summed E-state index contributed by atoms with van der Waals surface area (Å²) in [6.07, 6.45) is 0. The highest BCUT2D eigenvalue weighted by Crippen LogP contribution is 2.23. The van der Waals surface area contributed by atoms with Crippen molar-refractivity contribution in [3.63, 3.8) is 0 Å². The van der Waals surface area contributed by atoms with Gasteiger partial charge in [-0.3, -0.25) is 4.72 Å². The maximum Gasteiger partial charge on any atom is 0.246 e. The molecule has 0 fully saturated rings. The molecule has 0 amide bonds. The number of anilines is 1. The highest BCUT2D eigenvalue weighted by molar-refractivity contribution is 7.93. The number of benzene rings is 1. The summed E-state index contributed by atoms with van der Waals surface area (Å²) in [6.45, 7) is 1.84. The van der Waals surface area contributed by atoms with Crippen LogP contribution in [0.3, 0.4) is 0 Å². The first kappa shape index (κ1) is 11.6. The average molecular weight is 254 g/mol. The van der Waals surface area contributed by atoms with Gasteiger partial charge in [0.2, 0.25) is 10.0 Å². The number of aryl methyl sites for hydroxylation is 1. The normalized spacial score (nSPS) is 11.4. The number of sulfonamides is 1. The van der Waals surface area contributed by atoms with Crippen molar-refractivity contribution in [3.05, 3.63) is 28.8 Å². The molecule has 0 spiro atoms. The summed E-state index contributed by atoms with van der Waals surface area (Å²) in [5.74, 6) is 0. The topological polar surface area (TPSA) is 46.2 Å². The SMILES string of the molecule is Cc1ccc(Cl)c(NS(=O)(=O)CCl)c1. The molecule has 78 valence electrons. The Morgan fingerprint density at radius 2 is 2.07 bits per heavy atom. The predicted octanol–water partition coefficient (Wildman–Crippen LogP) is 2.59. The van der Waals surface area contributed by atoms with Crippen molar-refractivity contribution in [2.45, 2.75) is 6.92 Å². The van der Waals surface area contributed by atoms with E-state index in [1.165, 1.54) is 0 Å². The van der Waals surface area contributed by atoms with Gasteiger partial charge in [0, 0.05) is 0 Å². The quantitative estimate of drug-likeness (QED) is 0.842. The number of rotatable bonds is 3. The van der Waals surface area contributed by atoms with Crippen molar-refractivity contribution < 1.29 is 8.42 Å². The molecule has 0 saturated carbocycles. The van der Waals surface area contributed by atoms with Crippen LogP contribution in [0.15, 0.2) is 18.2 Å². The molecule has 0 aliphatic rings. The van der Waals surface area contributed by atoms with Gasteiger partial charge in [0.1, 0.15) is 5.21 Å². The third-order valence-electron chi connectivity index (χ3n) is 1.53. The zero-order valence-electron chi connectivity index (χ0n) is 7.42. The Labute approximate surface area is 93.1 Å². The van der Waals surface area contributed by atoms with E-state index in [2.05, 4.69) is 4.72 Å². The second-order valence-corrected chi connectivity index (χ2v) is 5.52. The minimum atomic E-state index is -3.48. The van der Waals surface area contributed by atoms with E-state index in [-0.39, 0.29) is 0 Å². The number of alkyl halides is 1. The Morgan fingerprint density at radius 1 is 1.43 bits per heavy atom. The molecule has 0 atom stereocenters. The minimum Gasteiger partial charge on any atom is -0.281 e. The van der Waals surface area contributed by atoms with Gasteiger partial charge >= 0.3 is 0 Å². The average Bonchev–Trinajstić information content (AvgIpc) is 2.11. The van der Waals surface area contributed by atoms with Crippen LogP contribution >= 0.6 is 23.2 Å². The fourth-order valence-corrected chi connectivity index (χ4v) is 1.86. The van der Waals surface area contributed by atoms with Crippen LogP contribution in [0.25, 0.3) is 0 Å². The van der Waals surface area contributed by atoms with E-state index in [1.54, 1.807) is 18.2 Å². The minimum absolute atomic E-state index is 0.351. The molecule has 0 aliphatic carbocycles. The molecule has 0 heterocycles. The standard InChI is InChI=1S/C8H9Cl2NO2S/c1-6-2-3-7(10)8(4-6)11-14(12,13)5-9/h2-4,11H,5H2,1H3. The predicted molar refractivity (Wildman–Crippen MR) is 59.5 cm³/mol. The van der Waals surface area contributed by atoms with E-state index in [4.69, 9.17) is 23.2 Å². The Bertz CT molecular complexity index is 431. The fourth-order valence-electron chi connectivity index (χ4n) is 0.912. The Balaban J connectivity index is 3.03. The molecule has 14 heavy (non-hydrogen) atoms. The van der Waals surface area contributed by atoms with Crippen LogP contribution in [0, 0.1) is 6.92 Å². The molecule has 0 aromatic heterocycles. The van der Waals surface area contributed by atoms with Gasteiger partial charge in [0.25, 0.3) is 0 Å². The molecule has 0 aliphatic heterocycles. The van der Waals surface area contributed by atoms with Gasteiger partial charge in [-0.25, -0.2) is 8.42 Å². The fraction of sp³-hybridized carbons (Fsp3) is 0.250. The summed E-state index contributed by atoms with van der Waals surface area (Å²) >= 11 is 11.0. The van der Waals surface area contributed by atoms with Crippen LogP contribution in [0.5, 0.6) is 0 Å². The van der Waals surface area contributed by atoms with Crippen LogP contribution in [0.4, 0.5) is 5.69 Å². The van der Waals surface area contributed by atoms with Gasteiger partial charge in [-0.15, -0.1) is 11.6 Å². The van der Waals surface area contributed by atoms with Crippen molar-refractivity contribution in [3.8, 4) is 0 Å². The van der Waals surface area contributed by atoms with Crippen LogP contribution in [-0.2, 0) is 10.0 Å². The summed E-state index contributed by atoms with van der Waals surface area (Å²) in [7, 11) is -3.48. The van der Waals surface area contributed by atoms with Crippen LogP contribution in [0.2, 0.25) is 5.02 Å². The van der Waals surface area contributed by atoms with Gasteiger partial charge < -0.3 is 0 Å². The van der Waals surface area contributed by atoms with E-state index >= 15 is 0 Å². The van der Waals surface area contributed by atoms with Gasteiger partial charge in [-0.2, -0.15) is 0 Å². The Kier molecular flexibility index (Phi) is 3.64. The van der Waals surface area contributed by atoms with Crippen molar-refractivity contribution in [2.24, 2.45) is 0 Å². The number of hydrogen-bond acceptors (Lipinski definition) is 2. The van der Waals surface area contributed by atoms with Crippen molar-refractivity contribution in [2.75, 3.05) is 9.93 Å².